The van der Waals surface area contributed by atoms with Crippen molar-refractivity contribution < 1.29 is 13.2 Å². The number of aromatic nitrogens is 2. The van der Waals surface area contributed by atoms with Crippen LogP contribution in [0.4, 0.5) is 13.2 Å². The number of halogens is 3. The van der Waals surface area contributed by atoms with Gasteiger partial charge in [0.1, 0.15) is 17.5 Å². The van der Waals surface area contributed by atoms with Crippen LogP contribution in [0.3, 0.4) is 0 Å². The van der Waals surface area contributed by atoms with Crippen LogP contribution in [-0.2, 0) is 0 Å². The fraction of sp³-hybridized carbons (Fsp3) is 0.133. The zero-order valence-electron chi connectivity index (χ0n) is 11.3. The van der Waals surface area contributed by atoms with E-state index in [4.69, 9.17) is 12.2 Å². The zero-order valence-corrected chi connectivity index (χ0v) is 12.1. The van der Waals surface area contributed by atoms with Gasteiger partial charge in [-0.1, -0.05) is 0 Å². The number of benzene rings is 2. The van der Waals surface area contributed by atoms with Crippen molar-refractivity contribution in [3.05, 3.63) is 57.6 Å². The third kappa shape index (κ3) is 2.15. The van der Waals surface area contributed by atoms with E-state index in [0.717, 1.165) is 12.1 Å². The molecule has 1 heterocycles. The lowest BCUT2D eigenvalue weighted by Gasteiger charge is -2.08. The third-order valence-electron chi connectivity index (χ3n) is 3.43. The largest absolute Gasteiger partial charge is 0.330 e. The van der Waals surface area contributed by atoms with E-state index in [1.165, 1.54) is 17.6 Å². The van der Waals surface area contributed by atoms with Crippen LogP contribution in [0, 0.1) is 36.1 Å². The van der Waals surface area contributed by atoms with Crippen LogP contribution in [0.25, 0.3) is 16.7 Å². The molecule has 0 aliphatic carbocycles. The van der Waals surface area contributed by atoms with Gasteiger partial charge in [0.25, 0.3) is 0 Å². The SMILES string of the molecule is Cc1cc(F)c(-n2c(=S)[nH]c3cc(F)c(C)cc32)cc1F. The topological polar surface area (TPSA) is 20.7 Å². The van der Waals surface area contributed by atoms with Crippen LogP contribution in [-0.4, -0.2) is 9.55 Å². The van der Waals surface area contributed by atoms with E-state index in [0.29, 0.717) is 16.6 Å². The number of hydrogen-bond donors (Lipinski definition) is 1. The Morgan fingerprint density at radius 3 is 2.24 bits per heavy atom. The highest BCUT2D eigenvalue weighted by atomic mass is 32.1. The van der Waals surface area contributed by atoms with Crippen molar-refractivity contribution >= 4 is 23.3 Å². The van der Waals surface area contributed by atoms with E-state index in [1.807, 2.05) is 0 Å². The molecule has 21 heavy (non-hydrogen) atoms. The standard InChI is InChI=1S/C15H11F3N2S/c1-7-3-11(18)13(6-10(7)17)20-14-4-8(2)9(16)5-12(14)19-15(20)21/h3-6H,1-2H3,(H,19,21). The smallest absolute Gasteiger partial charge is 0.182 e. The predicted molar refractivity (Wildman–Crippen MR) is 77.8 cm³/mol. The lowest BCUT2D eigenvalue weighted by atomic mass is 10.2. The summed E-state index contributed by atoms with van der Waals surface area (Å²) in [5, 5.41) is 0. The van der Waals surface area contributed by atoms with Gasteiger partial charge >= 0.3 is 0 Å². The second-order valence-electron chi connectivity index (χ2n) is 4.94. The number of fused-ring (bicyclic) bond motifs is 1. The number of H-pyrrole nitrogens is 1. The highest BCUT2D eigenvalue weighted by molar-refractivity contribution is 7.71. The maximum Gasteiger partial charge on any atom is 0.182 e. The summed E-state index contributed by atoms with van der Waals surface area (Å²) in [6.45, 7) is 3.08. The maximum atomic E-state index is 14.2. The van der Waals surface area contributed by atoms with Gasteiger partial charge in [-0.15, -0.1) is 0 Å². The molecular formula is C15H11F3N2S. The molecule has 3 aromatic rings. The molecule has 108 valence electrons. The summed E-state index contributed by atoms with van der Waals surface area (Å²) in [5.41, 5.74) is 1.55. The number of hydrogen-bond acceptors (Lipinski definition) is 1. The van der Waals surface area contributed by atoms with Gasteiger partial charge in [0.05, 0.1) is 16.7 Å². The molecule has 1 aromatic heterocycles. The molecule has 0 aliphatic rings. The molecule has 0 radical (unpaired) electrons. The number of aromatic amines is 1. The summed E-state index contributed by atoms with van der Waals surface area (Å²) < 4.78 is 43.0. The highest BCUT2D eigenvalue weighted by Crippen LogP contribution is 2.25. The summed E-state index contributed by atoms with van der Waals surface area (Å²) in [7, 11) is 0. The Morgan fingerprint density at radius 1 is 0.905 bits per heavy atom. The van der Waals surface area contributed by atoms with E-state index >= 15 is 0 Å². The summed E-state index contributed by atoms with van der Waals surface area (Å²) in [6, 6.07) is 5.04. The van der Waals surface area contributed by atoms with Gasteiger partial charge in [-0.05, 0) is 55.4 Å². The number of rotatable bonds is 1. The molecule has 0 aliphatic heterocycles. The molecule has 2 aromatic carbocycles. The Bertz CT molecular complexity index is 925. The summed E-state index contributed by atoms with van der Waals surface area (Å²) >= 11 is 5.15. The molecular weight excluding hydrogens is 297 g/mol. The third-order valence-corrected chi connectivity index (χ3v) is 3.72. The van der Waals surface area contributed by atoms with E-state index in [2.05, 4.69) is 4.98 Å². The Labute approximate surface area is 123 Å². The molecule has 0 saturated carbocycles. The van der Waals surface area contributed by atoms with Gasteiger partial charge in [0, 0.05) is 6.07 Å². The summed E-state index contributed by atoms with van der Waals surface area (Å²) in [5.74, 6) is -1.50. The molecule has 0 fully saturated rings. The molecule has 0 saturated heterocycles. The van der Waals surface area contributed by atoms with E-state index in [1.54, 1.807) is 13.0 Å². The van der Waals surface area contributed by atoms with Gasteiger partial charge in [0.2, 0.25) is 0 Å². The summed E-state index contributed by atoms with van der Waals surface area (Å²) in [4.78, 5) is 2.80. The maximum absolute atomic E-state index is 14.2. The first-order chi connectivity index (χ1) is 9.88. The van der Waals surface area contributed by atoms with Crippen LogP contribution in [0.5, 0.6) is 0 Å². The molecule has 0 spiro atoms. The lowest BCUT2D eigenvalue weighted by molar-refractivity contribution is 0.586. The Kier molecular flexibility index (Phi) is 3.13. The molecule has 2 nitrogen and oxygen atoms in total. The minimum absolute atomic E-state index is 0.000332. The minimum Gasteiger partial charge on any atom is -0.330 e. The average molecular weight is 308 g/mol. The number of nitrogens with one attached hydrogen (secondary N) is 1. The number of imidazole rings is 1. The highest BCUT2D eigenvalue weighted by Gasteiger charge is 2.14. The Balaban J connectivity index is 2.40. The molecule has 6 heteroatoms. The first-order valence-electron chi connectivity index (χ1n) is 6.25. The van der Waals surface area contributed by atoms with Crippen LogP contribution in [0.2, 0.25) is 0 Å². The van der Waals surface area contributed by atoms with Gasteiger partial charge in [-0.2, -0.15) is 0 Å². The van der Waals surface area contributed by atoms with E-state index in [-0.39, 0.29) is 21.8 Å². The van der Waals surface area contributed by atoms with Crippen LogP contribution < -0.4 is 0 Å². The molecule has 0 atom stereocenters. The normalized spacial score (nSPS) is 11.3. The number of nitrogens with zero attached hydrogens (tertiary/aromatic N) is 1. The van der Waals surface area contributed by atoms with Gasteiger partial charge < -0.3 is 4.98 Å². The fourth-order valence-corrected chi connectivity index (χ4v) is 2.58. The zero-order chi connectivity index (χ0) is 15.3. The van der Waals surface area contributed by atoms with Crippen molar-refractivity contribution in [3.8, 4) is 5.69 Å². The first-order valence-corrected chi connectivity index (χ1v) is 6.66. The van der Waals surface area contributed by atoms with Crippen LogP contribution >= 0.6 is 12.2 Å². The van der Waals surface area contributed by atoms with Gasteiger partial charge in [0.15, 0.2) is 4.77 Å². The van der Waals surface area contributed by atoms with E-state index in [9.17, 15) is 13.2 Å². The van der Waals surface area contributed by atoms with Gasteiger partial charge in [-0.25, -0.2) is 13.2 Å². The molecule has 1 N–H and O–H groups in total. The van der Waals surface area contributed by atoms with E-state index < -0.39 is 11.6 Å². The quantitative estimate of drug-likeness (QED) is 0.645. The molecule has 3 rings (SSSR count). The lowest BCUT2D eigenvalue weighted by Crippen LogP contribution is -2.00. The first kappa shape index (κ1) is 13.9. The fourth-order valence-electron chi connectivity index (χ4n) is 2.28. The van der Waals surface area contributed by atoms with Crippen LogP contribution in [0.1, 0.15) is 11.1 Å². The second kappa shape index (κ2) is 4.73. The van der Waals surface area contributed by atoms with Crippen molar-refractivity contribution in [1.82, 2.24) is 9.55 Å². The predicted octanol–water partition coefficient (Wildman–Crippen LogP) is 4.72. The number of aryl methyl sites for hydroxylation is 2. The van der Waals surface area contributed by atoms with Gasteiger partial charge in [-0.3, -0.25) is 4.57 Å². The molecule has 0 amide bonds. The monoisotopic (exact) mass is 308 g/mol. The van der Waals surface area contributed by atoms with Crippen LogP contribution in [0.15, 0.2) is 24.3 Å². The Hall–Kier alpha value is -2.08. The summed E-state index contributed by atoms with van der Waals surface area (Å²) in [6.07, 6.45) is 0. The van der Waals surface area contributed by atoms with Crippen molar-refractivity contribution in [2.75, 3.05) is 0 Å². The van der Waals surface area contributed by atoms with Crippen molar-refractivity contribution in [2.24, 2.45) is 0 Å². The van der Waals surface area contributed by atoms with Crippen molar-refractivity contribution in [3.63, 3.8) is 0 Å². The Morgan fingerprint density at radius 2 is 1.52 bits per heavy atom. The van der Waals surface area contributed by atoms with Crippen molar-refractivity contribution in [1.29, 1.82) is 0 Å². The second-order valence-corrected chi connectivity index (χ2v) is 5.32. The molecule has 0 bridgehead atoms. The minimum atomic E-state index is -0.590. The van der Waals surface area contributed by atoms with Crippen molar-refractivity contribution in [2.45, 2.75) is 13.8 Å². The molecule has 0 unspecified atom stereocenters. The average Bonchev–Trinajstić information content (AvgIpc) is 2.70.